The molecule has 274 valence electrons. The van der Waals surface area contributed by atoms with Crippen LogP contribution >= 0.6 is 0 Å². The van der Waals surface area contributed by atoms with Crippen molar-refractivity contribution in [1.29, 1.82) is 0 Å². The van der Waals surface area contributed by atoms with Crippen molar-refractivity contribution in [1.82, 2.24) is 24.8 Å². The zero-order chi connectivity index (χ0) is 35.9. The number of morpholine rings is 1. The molecule has 2 N–H and O–H groups in total. The third-order valence-corrected chi connectivity index (χ3v) is 11.3. The molecule has 7 heterocycles. The number of benzene rings is 1. The van der Waals surface area contributed by atoms with Crippen LogP contribution in [-0.2, 0) is 15.9 Å². The fraction of sp³-hybridized carbons (Fsp3) is 0.622. The Hall–Kier alpha value is -4.04. The molecule has 2 bridgehead atoms. The van der Waals surface area contributed by atoms with Crippen LogP contribution in [0.3, 0.4) is 0 Å². The number of aromatic nitrogens is 3. The SMILES string of the molecule is CCc1c(C)c(-c2nc3c4c(nc(OC[C@@H]5CC[C@H]6COCCN65)nc4c2F)N2C[C@H]4CC[C@@H]([C@H]2[C@H](C)O3)N4C(=O)OC(C)(C)C)cc(N)c1F. The first-order valence-corrected chi connectivity index (χ1v) is 18.2. The number of anilines is 2. The zero-order valence-electron chi connectivity index (χ0n) is 30.2. The van der Waals surface area contributed by atoms with E-state index in [1.807, 2.05) is 39.5 Å². The smallest absolute Gasteiger partial charge is 0.410 e. The molecule has 2 aromatic heterocycles. The van der Waals surface area contributed by atoms with Gasteiger partial charge in [0.2, 0.25) is 5.88 Å². The molecule has 51 heavy (non-hydrogen) atoms. The number of halogens is 2. The van der Waals surface area contributed by atoms with E-state index >= 15 is 8.78 Å². The van der Waals surface area contributed by atoms with Crippen LogP contribution in [0.4, 0.5) is 25.1 Å². The largest absolute Gasteiger partial charge is 0.472 e. The van der Waals surface area contributed by atoms with Gasteiger partial charge in [-0.2, -0.15) is 9.97 Å². The van der Waals surface area contributed by atoms with E-state index in [2.05, 4.69) is 9.80 Å². The molecule has 12 nitrogen and oxygen atoms in total. The number of hydrogen-bond acceptors (Lipinski definition) is 11. The highest BCUT2D eigenvalue weighted by Gasteiger charge is 2.54. The van der Waals surface area contributed by atoms with Crippen LogP contribution in [0.5, 0.6) is 11.9 Å². The first-order chi connectivity index (χ1) is 24.3. The number of hydrogen-bond donors (Lipinski definition) is 1. The molecule has 6 atom stereocenters. The number of piperazine rings is 1. The van der Waals surface area contributed by atoms with Crippen LogP contribution in [0, 0.1) is 18.6 Å². The summed E-state index contributed by atoms with van der Waals surface area (Å²) >= 11 is 0. The number of fused-ring (bicyclic) bond motifs is 6. The molecular weight excluding hydrogens is 660 g/mol. The van der Waals surface area contributed by atoms with E-state index in [1.54, 1.807) is 6.92 Å². The first kappa shape index (κ1) is 34.1. The molecule has 0 radical (unpaired) electrons. The maximum absolute atomic E-state index is 17.1. The monoisotopic (exact) mass is 707 g/mol. The van der Waals surface area contributed by atoms with E-state index in [9.17, 15) is 4.79 Å². The number of ether oxygens (including phenoxy) is 4. The third kappa shape index (κ3) is 5.69. The van der Waals surface area contributed by atoms with Crippen LogP contribution in [0.25, 0.3) is 22.2 Å². The molecule has 4 fully saturated rings. The van der Waals surface area contributed by atoms with E-state index in [4.69, 9.17) is 39.6 Å². The van der Waals surface area contributed by atoms with Crippen molar-refractivity contribution in [3.05, 3.63) is 28.8 Å². The van der Waals surface area contributed by atoms with Gasteiger partial charge >= 0.3 is 12.1 Å². The lowest BCUT2D eigenvalue weighted by Crippen LogP contribution is -2.65. The van der Waals surface area contributed by atoms with Crippen molar-refractivity contribution in [2.75, 3.05) is 43.5 Å². The predicted molar refractivity (Wildman–Crippen MR) is 187 cm³/mol. The molecule has 14 heteroatoms. The number of nitrogen functional groups attached to an aromatic ring is 1. The van der Waals surface area contributed by atoms with Gasteiger partial charge < -0.3 is 29.6 Å². The van der Waals surface area contributed by atoms with Gasteiger partial charge in [-0.15, -0.1) is 0 Å². The summed E-state index contributed by atoms with van der Waals surface area (Å²) in [5.41, 5.74) is 6.63. The minimum absolute atomic E-state index is 0.000727. The fourth-order valence-electron chi connectivity index (χ4n) is 9.05. The van der Waals surface area contributed by atoms with Crippen molar-refractivity contribution in [3.8, 4) is 23.1 Å². The number of carbonyl (C=O) groups excluding carboxylic acids is 1. The molecule has 5 aliphatic heterocycles. The summed E-state index contributed by atoms with van der Waals surface area (Å²) in [5.74, 6) is -0.591. The average Bonchev–Trinajstić information content (AvgIpc) is 3.61. The van der Waals surface area contributed by atoms with Gasteiger partial charge in [0.05, 0.1) is 37.0 Å². The Morgan fingerprint density at radius 1 is 1.10 bits per heavy atom. The van der Waals surface area contributed by atoms with Gasteiger partial charge in [-0.05, 0) is 83.9 Å². The van der Waals surface area contributed by atoms with E-state index < -0.39 is 23.3 Å². The molecule has 8 rings (SSSR count). The standard InChI is InChI=1S/C37H47F2N7O5/c1-7-23-18(2)24(14-25(40)28(23)38)30-29(39)31-27-33(43-35(42-31)49-17-22-9-8-21-16-48-13-12-44(21)22)45-15-20-10-11-26(32(45)19(3)50-34(27)41-30)46(20)36(47)51-37(4,5)6/h14,19-22,26,32H,7-13,15-17,40H2,1-6H3/t19-,20+,21-,22-,26-,32+/m0/s1. The second-order valence-electron chi connectivity index (χ2n) is 15.6. The quantitative estimate of drug-likeness (QED) is 0.343. The topological polar surface area (TPSA) is 128 Å². The average molecular weight is 708 g/mol. The molecule has 1 aromatic carbocycles. The Balaban J connectivity index is 1.25. The summed E-state index contributed by atoms with van der Waals surface area (Å²) in [7, 11) is 0. The highest BCUT2D eigenvalue weighted by molar-refractivity contribution is 5.97. The maximum Gasteiger partial charge on any atom is 0.410 e. The molecule has 3 aromatic rings. The van der Waals surface area contributed by atoms with E-state index in [1.165, 1.54) is 6.07 Å². The van der Waals surface area contributed by atoms with Gasteiger partial charge in [0.25, 0.3) is 0 Å². The van der Waals surface area contributed by atoms with Crippen LogP contribution in [0.1, 0.15) is 71.4 Å². The zero-order valence-corrected chi connectivity index (χ0v) is 30.2. The van der Waals surface area contributed by atoms with Crippen molar-refractivity contribution >= 4 is 28.5 Å². The number of nitrogens with zero attached hydrogens (tertiary/aromatic N) is 6. The van der Waals surface area contributed by atoms with Gasteiger partial charge in [-0.25, -0.2) is 18.6 Å². The van der Waals surface area contributed by atoms with Crippen molar-refractivity contribution in [2.24, 2.45) is 0 Å². The van der Waals surface area contributed by atoms with Crippen LogP contribution in [-0.4, -0.2) is 106 Å². The molecule has 0 saturated carbocycles. The van der Waals surface area contributed by atoms with Gasteiger partial charge in [-0.3, -0.25) is 9.80 Å². The van der Waals surface area contributed by atoms with Crippen molar-refractivity contribution in [2.45, 2.75) is 116 Å². The third-order valence-electron chi connectivity index (χ3n) is 11.3. The Labute approximate surface area is 296 Å². The molecule has 5 aliphatic rings. The second kappa shape index (κ2) is 12.6. The molecule has 0 unspecified atom stereocenters. The van der Waals surface area contributed by atoms with E-state index in [0.717, 1.165) is 32.2 Å². The highest BCUT2D eigenvalue weighted by atomic mass is 19.1. The van der Waals surface area contributed by atoms with Crippen LogP contribution < -0.4 is 20.1 Å². The maximum atomic E-state index is 17.1. The highest BCUT2D eigenvalue weighted by Crippen LogP contribution is 2.47. The van der Waals surface area contributed by atoms with Gasteiger partial charge in [0, 0.05) is 30.7 Å². The number of rotatable bonds is 5. The number of nitrogens with two attached hydrogens (primary N) is 1. The minimum atomic E-state index is -0.697. The minimum Gasteiger partial charge on any atom is -0.472 e. The fourth-order valence-corrected chi connectivity index (χ4v) is 9.05. The van der Waals surface area contributed by atoms with Crippen molar-refractivity contribution in [3.63, 3.8) is 0 Å². The van der Waals surface area contributed by atoms with Crippen LogP contribution in [0.2, 0.25) is 0 Å². The number of carbonyl (C=O) groups is 1. The summed E-state index contributed by atoms with van der Waals surface area (Å²) in [6, 6.07) is 1.26. The molecule has 0 spiro atoms. The summed E-state index contributed by atoms with van der Waals surface area (Å²) in [4.78, 5) is 34.4. The first-order valence-electron chi connectivity index (χ1n) is 18.2. The second-order valence-corrected chi connectivity index (χ2v) is 15.6. The van der Waals surface area contributed by atoms with E-state index in [0.29, 0.717) is 66.7 Å². The number of pyridine rings is 1. The van der Waals surface area contributed by atoms with Gasteiger partial charge in [0.1, 0.15) is 46.5 Å². The van der Waals surface area contributed by atoms with Gasteiger partial charge in [0.15, 0.2) is 5.82 Å². The number of amides is 1. The molecule has 1 amide bonds. The Kier molecular flexibility index (Phi) is 8.40. The normalized spacial score (nSPS) is 27.2. The van der Waals surface area contributed by atoms with Crippen molar-refractivity contribution < 1.29 is 32.5 Å². The van der Waals surface area contributed by atoms with Gasteiger partial charge in [-0.1, -0.05) is 6.92 Å². The lowest BCUT2D eigenvalue weighted by Gasteiger charge is -2.48. The molecular formula is C37H47F2N7O5. The molecule has 4 saturated heterocycles. The predicted octanol–water partition coefficient (Wildman–Crippen LogP) is 5.40. The molecule has 0 aliphatic carbocycles. The Bertz CT molecular complexity index is 1890. The Morgan fingerprint density at radius 3 is 2.65 bits per heavy atom. The summed E-state index contributed by atoms with van der Waals surface area (Å²) in [6.45, 7) is 14.1. The lowest BCUT2D eigenvalue weighted by atomic mass is 9.95. The lowest BCUT2D eigenvalue weighted by molar-refractivity contribution is -0.0101. The summed E-state index contributed by atoms with van der Waals surface area (Å²) in [6.07, 6.45) is 3.02. The van der Waals surface area contributed by atoms with E-state index in [-0.39, 0.29) is 59.0 Å². The summed E-state index contributed by atoms with van der Waals surface area (Å²) in [5, 5.41) is 0.334. The Morgan fingerprint density at radius 2 is 1.88 bits per heavy atom. The van der Waals surface area contributed by atoms with Crippen LogP contribution in [0.15, 0.2) is 6.07 Å². The summed E-state index contributed by atoms with van der Waals surface area (Å²) < 4.78 is 56.7.